The number of ether oxygens (including phenoxy) is 5. The molecular weight excluding hydrogens is 868 g/mol. The molecule has 1 saturated heterocycles. The largest absolute Gasteiger partial charge is 0.497 e. The van der Waals surface area contributed by atoms with E-state index >= 15 is 0 Å². The molecule has 2 heterocycles. The quantitative estimate of drug-likeness (QED) is 0.0279. The zero-order chi connectivity index (χ0) is 47.7. The van der Waals surface area contributed by atoms with Gasteiger partial charge in [-0.3, -0.25) is 19.1 Å². The van der Waals surface area contributed by atoms with Gasteiger partial charge in [-0.2, -0.15) is 5.26 Å². The van der Waals surface area contributed by atoms with E-state index in [0.717, 1.165) is 16.7 Å². The lowest BCUT2D eigenvalue weighted by atomic mass is 9.80. The van der Waals surface area contributed by atoms with Crippen LogP contribution in [0.3, 0.4) is 0 Å². The highest BCUT2D eigenvalue weighted by atomic mass is 31.2. The first-order valence-corrected chi connectivity index (χ1v) is 25.8. The lowest BCUT2D eigenvalue weighted by Crippen LogP contribution is -2.51. The summed E-state index contributed by atoms with van der Waals surface area (Å²) in [5.41, 5.74) is -0.381. The average molecular weight is 933 g/mol. The Morgan fingerprint density at radius 1 is 0.877 bits per heavy atom. The summed E-state index contributed by atoms with van der Waals surface area (Å²) in [6.45, 7) is 18.7. The molecule has 0 aliphatic carbocycles. The molecule has 352 valence electrons. The van der Waals surface area contributed by atoms with Gasteiger partial charge in [0.1, 0.15) is 35.4 Å². The summed E-state index contributed by atoms with van der Waals surface area (Å²) >= 11 is 0. The maximum Gasteiger partial charge on any atom is 0.330 e. The van der Waals surface area contributed by atoms with Gasteiger partial charge in [0.25, 0.3) is 14.1 Å². The second-order valence-corrected chi connectivity index (χ2v) is 24.1. The molecule has 1 aromatic heterocycles. The molecule has 0 spiro atoms. The molecule has 17 heteroatoms. The van der Waals surface area contributed by atoms with Crippen LogP contribution in [0, 0.1) is 11.3 Å². The van der Waals surface area contributed by atoms with Crippen LogP contribution in [0.4, 0.5) is 0 Å². The number of nitrogens with one attached hydrogen (secondary N) is 1. The van der Waals surface area contributed by atoms with Gasteiger partial charge in [0, 0.05) is 23.8 Å². The molecule has 5 atom stereocenters. The number of rotatable bonds is 21. The molecule has 65 heavy (non-hydrogen) atoms. The van der Waals surface area contributed by atoms with Crippen LogP contribution in [0.1, 0.15) is 83.4 Å². The van der Waals surface area contributed by atoms with Gasteiger partial charge in [0.05, 0.1) is 53.5 Å². The van der Waals surface area contributed by atoms with Crippen molar-refractivity contribution in [2.75, 3.05) is 34.5 Å². The molecule has 5 rings (SSSR count). The minimum atomic E-state index is -2.75. The van der Waals surface area contributed by atoms with Crippen molar-refractivity contribution in [3.05, 3.63) is 128 Å². The van der Waals surface area contributed by atoms with Gasteiger partial charge in [0.2, 0.25) is 0 Å². The molecule has 4 aromatic rings. The lowest BCUT2D eigenvalue weighted by molar-refractivity contribution is -0.139. The molecule has 1 aliphatic heterocycles. The van der Waals surface area contributed by atoms with Crippen LogP contribution in [0.5, 0.6) is 11.5 Å². The van der Waals surface area contributed by atoms with E-state index in [4.69, 9.17) is 37.2 Å². The SMILES string of the molecule is COC(=O)Cc1cn([C@@H]2O[C@H](COC(c3ccccc3)(c3ccc(OC)cc3)c3ccc(OC)cc3)[C@H](OP(OCCC#N)N(C(C)C)C(C)C)C2O[Si](C)(C)C(C)(C)C)c(=O)[nH]c1=O. The molecule has 1 aliphatic rings. The van der Waals surface area contributed by atoms with Crippen LogP contribution in [0.2, 0.25) is 18.1 Å². The van der Waals surface area contributed by atoms with Crippen molar-refractivity contribution in [3.8, 4) is 17.6 Å². The first-order valence-electron chi connectivity index (χ1n) is 21.8. The van der Waals surface area contributed by atoms with Crippen molar-refractivity contribution in [3.63, 3.8) is 0 Å². The number of aromatic amines is 1. The highest BCUT2D eigenvalue weighted by Crippen LogP contribution is 2.52. The number of benzene rings is 3. The molecule has 0 radical (unpaired) electrons. The van der Waals surface area contributed by atoms with Crippen LogP contribution in [0.15, 0.2) is 94.6 Å². The minimum Gasteiger partial charge on any atom is -0.497 e. The zero-order valence-corrected chi connectivity index (χ0v) is 41.5. The van der Waals surface area contributed by atoms with Crippen molar-refractivity contribution < 1.29 is 42.0 Å². The Balaban J connectivity index is 1.78. The van der Waals surface area contributed by atoms with E-state index < -0.39 is 70.6 Å². The monoisotopic (exact) mass is 932 g/mol. The van der Waals surface area contributed by atoms with E-state index in [1.807, 2.05) is 107 Å². The maximum absolute atomic E-state index is 14.0. The van der Waals surface area contributed by atoms with E-state index in [1.165, 1.54) is 17.9 Å². The molecule has 3 aromatic carbocycles. The normalized spacial score (nSPS) is 18.5. The van der Waals surface area contributed by atoms with Crippen LogP contribution < -0.4 is 20.7 Å². The summed E-state index contributed by atoms with van der Waals surface area (Å²) < 4.78 is 55.0. The van der Waals surface area contributed by atoms with Crippen molar-refractivity contribution in [1.29, 1.82) is 5.26 Å². The number of nitrogens with zero attached hydrogens (tertiary/aromatic N) is 3. The van der Waals surface area contributed by atoms with E-state index in [2.05, 4.69) is 49.6 Å². The molecular formula is C48H65N4O11PSi. The Morgan fingerprint density at radius 2 is 1.43 bits per heavy atom. The number of nitriles is 1. The number of hydrogen-bond acceptors (Lipinski definition) is 13. The van der Waals surface area contributed by atoms with E-state index in [-0.39, 0.29) is 42.3 Å². The Kier molecular flexibility index (Phi) is 17.5. The number of H-pyrrole nitrogens is 1. The molecule has 1 N–H and O–H groups in total. The molecule has 0 amide bonds. The van der Waals surface area contributed by atoms with Crippen molar-refractivity contribution in [2.45, 2.75) is 122 Å². The van der Waals surface area contributed by atoms with Crippen LogP contribution in [0.25, 0.3) is 0 Å². The Labute approximate surface area is 385 Å². The summed E-state index contributed by atoms with van der Waals surface area (Å²) in [5, 5.41) is 9.25. The standard InChI is InChI=1S/C48H65N4O11PSi/c1-32(2)52(33(3)4)64(60-28-16-27-49)62-42-40(61-45(43(42)63-65(11,12)47(5,6)7)51-30-34(29-41(53)58-10)44(54)50-46(51)55)31-59-48(35-17-14-13-15-18-35,36-19-23-38(56-8)24-20-36)37-21-25-39(57-9)26-22-37/h13-15,17-26,30,32-33,40,42-43,45H,16,28-29,31H2,1-12H3,(H,50,54,55)/t40-,42+,43?,45-,64?/m1/s1. The van der Waals surface area contributed by atoms with E-state index in [9.17, 15) is 19.6 Å². The van der Waals surface area contributed by atoms with Crippen molar-refractivity contribution in [1.82, 2.24) is 14.2 Å². The summed E-state index contributed by atoms with van der Waals surface area (Å²) in [6, 6.07) is 27.3. The Morgan fingerprint density at radius 3 is 1.92 bits per heavy atom. The molecule has 0 saturated carbocycles. The average Bonchev–Trinajstić information content (AvgIpc) is 3.59. The number of carbonyl (C=O) groups is 1. The fourth-order valence-corrected chi connectivity index (χ4v) is 10.6. The van der Waals surface area contributed by atoms with Crippen LogP contribution in [-0.4, -0.2) is 93.4 Å². The third-order valence-corrected chi connectivity index (χ3v) is 18.5. The summed E-state index contributed by atoms with van der Waals surface area (Å²) in [5.74, 6) is 0.662. The predicted octanol–water partition coefficient (Wildman–Crippen LogP) is 8.23. The number of hydrogen-bond donors (Lipinski definition) is 1. The highest BCUT2D eigenvalue weighted by molar-refractivity contribution is 7.44. The molecule has 15 nitrogen and oxygen atoms in total. The van der Waals surface area contributed by atoms with Gasteiger partial charge in [0.15, 0.2) is 14.5 Å². The Hall–Kier alpha value is -4.69. The molecule has 0 bridgehead atoms. The summed E-state index contributed by atoms with van der Waals surface area (Å²) in [4.78, 5) is 42.1. The second kappa shape index (κ2) is 22.2. The molecule has 1 fully saturated rings. The third-order valence-electron chi connectivity index (χ3n) is 11.9. The number of esters is 1. The second-order valence-electron chi connectivity index (χ2n) is 17.9. The maximum atomic E-state index is 14.0. The van der Waals surface area contributed by atoms with Crippen LogP contribution >= 0.6 is 8.53 Å². The van der Waals surface area contributed by atoms with Gasteiger partial charge in [-0.1, -0.05) is 75.4 Å². The number of aromatic nitrogens is 2. The van der Waals surface area contributed by atoms with E-state index in [0.29, 0.717) is 11.5 Å². The topological polar surface area (TPSA) is 173 Å². The fourth-order valence-electron chi connectivity index (χ4n) is 7.59. The van der Waals surface area contributed by atoms with Gasteiger partial charge < -0.3 is 37.2 Å². The van der Waals surface area contributed by atoms with E-state index in [1.54, 1.807) is 14.2 Å². The molecule has 2 unspecified atom stereocenters. The van der Waals surface area contributed by atoms with Gasteiger partial charge >= 0.3 is 11.7 Å². The zero-order valence-electron chi connectivity index (χ0n) is 39.7. The number of carbonyl (C=O) groups excluding carboxylic acids is 1. The lowest BCUT2D eigenvalue weighted by Gasteiger charge is -2.42. The van der Waals surface area contributed by atoms with Gasteiger partial charge in [-0.25, -0.2) is 9.46 Å². The van der Waals surface area contributed by atoms with Crippen LogP contribution in [-0.2, 0) is 44.5 Å². The third kappa shape index (κ3) is 11.8. The Bertz CT molecular complexity index is 2270. The van der Waals surface area contributed by atoms with Gasteiger partial charge in [-0.15, -0.1) is 0 Å². The fraction of sp³-hybridized carbons (Fsp3) is 0.500. The minimum absolute atomic E-state index is 0.00159. The van der Waals surface area contributed by atoms with Crippen molar-refractivity contribution >= 4 is 22.8 Å². The first kappa shape index (κ1) is 51.3. The number of methoxy groups -OCH3 is 3. The van der Waals surface area contributed by atoms with Gasteiger partial charge in [-0.05, 0) is 86.8 Å². The smallest absolute Gasteiger partial charge is 0.330 e. The summed E-state index contributed by atoms with van der Waals surface area (Å²) in [6.07, 6.45) is -3.04. The summed E-state index contributed by atoms with van der Waals surface area (Å²) in [7, 11) is -0.209. The highest BCUT2D eigenvalue weighted by Gasteiger charge is 2.54. The van der Waals surface area contributed by atoms with Crippen molar-refractivity contribution in [2.24, 2.45) is 0 Å². The predicted molar refractivity (Wildman–Crippen MR) is 251 cm³/mol. The first-order chi connectivity index (χ1) is 30.8.